The summed E-state index contributed by atoms with van der Waals surface area (Å²) in [4.78, 5) is 11.6. The summed E-state index contributed by atoms with van der Waals surface area (Å²) in [7, 11) is 0. The zero-order chi connectivity index (χ0) is 15.4. The van der Waals surface area contributed by atoms with E-state index < -0.39 is 12.6 Å². The smallest absolute Gasteiger partial charge is 0.332 e. The van der Waals surface area contributed by atoms with Gasteiger partial charge >= 0.3 is 5.97 Å². The standard InChI is InChI=1S/C17H28O4/c1-10(2)17-7-12-11(3)5-6-13(12)16(4,21-17)14(8-17)20-15(19)9-18/h10-14,18H,5-9H2,1-4H3/t11?,12-,13?,14?,16+,17?/m1/s1. The van der Waals surface area contributed by atoms with E-state index in [1.807, 2.05) is 0 Å². The van der Waals surface area contributed by atoms with Gasteiger partial charge in [0.2, 0.25) is 0 Å². The molecule has 2 heterocycles. The molecule has 3 aliphatic rings. The van der Waals surface area contributed by atoms with Crippen LogP contribution in [0.1, 0.15) is 53.4 Å². The lowest BCUT2D eigenvalue weighted by atomic mass is 9.72. The average Bonchev–Trinajstić information content (AvgIpc) is 2.90. The van der Waals surface area contributed by atoms with Gasteiger partial charge in [0.1, 0.15) is 18.3 Å². The quantitative estimate of drug-likeness (QED) is 0.813. The van der Waals surface area contributed by atoms with E-state index in [1.54, 1.807) is 0 Å². The van der Waals surface area contributed by atoms with E-state index in [2.05, 4.69) is 27.7 Å². The third-order valence-corrected chi connectivity index (χ3v) is 6.55. The molecule has 2 saturated heterocycles. The Balaban J connectivity index is 1.94. The van der Waals surface area contributed by atoms with E-state index in [-0.39, 0.29) is 17.3 Å². The van der Waals surface area contributed by atoms with Gasteiger partial charge in [-0.15, -0.1) is 0 Å². The second-order valence-electron chi connectivity index (χ2n) is 7.88. The zero-order valence-corrected chi connectivity index (χ0v) is 13.6. The molecule has 3 rings (SSSR count). The lowest BCUT2D eigenvalue weighted by Gasteiger charge is -2.48. The first-order chi connectivity index (χ1) is 9.82. The highest BCUT2D eigenvalue weighted by atomic mass is 16.6. The molecule has 2 bridgehead atoms. The Morgan fingerprint density at radius 1 is 1.38 bits per heavy atom. The van der Waals surface area contributed by atoms with Gasteiger partial charge in [0.25, 0.3) is 0 Å². The SMILES string of the molecule is CC1CCC2[C@@H]1CC1(C(C)C)CC(OC(=O)CO)[C@@]2(C)O1. The van der Waals surface area contributed by atoms with E-state index in [1.165, 1.54) is 6.42 Å². The molecule has 4 unspecified atom stereocenters. The van der Waals surface area contributed by atoms with Crippen molar-refractivity contribution in [1.82, 2.24) is 0 Å². The average molecular weight is 296 g/mol. The minimum Gasteiger partial charge on any atom is -0.457 e. The third kappa shape index (κ3) is 2.14. The summed E-state index contributed by atoms with van der Waals surface area (Å²) < 4.78 is 12.2. The summed E-state index contributed by atoms with van der Waals surface area (Å²) in [5.41, 5.74) is -0.558. The van der Waals surface area contributed by atoms with Crippen molar-refractivity contribution in [3.8, 4) is 0 Å². The summed E-state index contributed by atoms with van der Waals surface area (Å²) in [6.07, 6.45) is 4.03. The van der Waals surface area contributed by atoms with Crippen molar-refractivity contribution in [3.63, 3.8) is 0 Å². The molecule has 2 aliphatic heterocycles. The van der Waals surface area contributed by atoms with Crippen LogP contribution in [0.5, 0.6) is 0 Å². The molecule has 0 aromatic rings. The summed E-state index contributed by atoms with van der Waals surface area (Å²) >= 11 is 0. The maximum absolute atomic E-state index is 11.6. The summed E-state index contributed by atoms with van der Waals surface area (Å²) in [5, 5.41) is 9.01. The van der Waals surface area contributed by atoms with Crippen LogP contribution in [-0.4, -0.2) is 35.0 Å². The monoisotopic (exact) mass is 296 g/mol. The Labute approximate surface area is 127 Å². The van der Waals surface area contributed by atoms with E-state index in [4.69, 9.17) is 14.6 Å². The van der Waals surface area contributed by atoms with Gasteiger partial charge in [0.15, 0.2) is 0 Å². The molecule has 1 N–H and O–H groups in total. The molecule has 120 valence electrons. The van der Waals surface area contributed by atoms with E-state index in [0.717, 1.165) is 25.2 Å². The maximum atomic E-state index is 11.6. The van der Waals surface area contributed by atoms with Crippen LogP contribution in [0.3, 0.4) is 0 Å². The number of fused-ring (bicyclic) bond motifs is 4. The minimum absolute atomic E-state index is 0.172. The summed E-state index contributed by atoms with van der Waals surface area (Å²) in [6.45, 7) is 8.34. The largest absolute Gasteiger partial charge is 0.457 e. The second-order valence-corrected chi connectivity index (χ2v) is 7.88. The molecular formula is C17H28O4. The van der Waals surface area contributed by atoms with Gasteiger partial charge in [-0.1, -0.05) is 27.2 Å². The molecule has 6 atom stereocenters. The van der Waals surface area contributed by atoms with Crippen LogP contribution in [-0.2, 0) is 14.3 Å². The van der Waals surface area contributed by atoms with Gasteiger partial charge in [-0.2, -0.15) is 0 Å². The van der Waals surface area contributed by atoms with Crippen molar-refractivity contribution in [2.24, 2.45) is 23.7 Å². The molecule has 0 amide bonds. The first-order valence-corrected chi connectivity index (χ1v) is 8.33. The van der Waals surface area contributed by atoms with Gasteiger partial charge in [-0.3, -0.25) is 0 Å². The number of aliphatic hydroxyl groups excluding tert-OH is 1. The highest BCUT2D eigenvalue weighted by Gasteiger charge is 2.66. The normalized spacial score (nSPS) is 48.5. The van der Waals surface area contributed by atoms with Crippen LogP contribution in [0.4, 0.5) is 0 Å². The summed E-state index contributed by atoms with van der Waals surface area (Å²) in [6, 6.07) is 0. The molecule has 4 nitrogen and oxygen atoms in total. The van der Waals surface area contributed by atoms with Crippen LogP contribution in [0.2, 0.25) is 0 Å². The Kier molecular flexibility index (Phi) is 3.61. The van der Waals surface area contributed by atoms with Crippen LogP contribution in [0.15, 0.2) is 0 Å². The van der Waals surface area contributed by atoms with E-state index in [9.17, 15) is 4.79 Å². The fraction of sp³-hybridized carbons (Fsp3) is 0.941. The van der Waals surface area contributed by atoms with Crippen LogP contribution < -0.4 is 0 Å². The third-order valence-electron chi connectivity index (χ3n) is 6.55. The number of carbonyl (C=O) groups excluding carboxylic acids is 1. The highest BCUT2D eigenvalue weighted by Crippen LogP contribution is 2.62. The van der Waals surface area contributed by atoms with Gasteiger partial charge < -0.3 is 14.6 Å². The fourth-order valence-corrected chi connectivity index (χ4v) is 5.17. The molecule has 3 fully saturated rings. The Bertz CT molecular complexity index is 435. The zero-order valence-electron chi connectivity index (χ0n) is 13.6. The fourth-order valence-electron chi connectivity index (χ4n) is 5.17. The lowest BCUT2D eigenvalue weighted by Crippen LogP contribution is -2.53. The Morgan fingerprint density at radius 2 is 2.10 bits per heavy atom. The highest BCUT2D eigenvalue weighted by molar-refractivity contribution is 5.70. The topological polar surface area (TPSA) is 55.8 Å². The van der Waals surface area contributed by atoms with Gasteiger partial charge in [-0.05, 0) is 43.4 Å². The number of hydrogen-bond acceptors (Lipinski definition) is 4. The lowest BCUT2D eigenvalue weighted by molar-refractivity contribution is -0.214. The summed E-state index contributed by atoms with van der Waals surface area (Å²) in [5.74, 6) is 1.74. The van der Waals surface area contributed by atoms with E-state index in [0.29, 0.717) is 17.8 Å². The number of rotatable bonds is 3. The molecular weight excluding hydrogens is 268 g/mol. The van der Waals surface area contributed by atoms with Crippen molar-refractivity contribution < 1.29 is 19.4 Å². The molecule has 21 heavy (non-hydrogen) atoms. The second kappa shape index (κ2) is 4.95. The Morgan fingerprint density at radius 3 is 2.71 bits per heavy atom. The van der Waals surface area contributed by atoms with Crippen molar-refractivity contribution in [2.75, 3.05) is 6.61 Å². The molecule has 1 saturated carbocycles. The number of aliphatic hydroxyl groups is 1. The minimum atomic E-state index is -0.550. The molecule has 1 aliphatic carbocycles. The van der Waals surface area contributed by atoms with E-state index >= 15 is 0 Å². The number of hydrogen-bond donors (Lipinski definition) is 1. The molecule has 0 spiro atoms. The molecule has 0 radical (unpaired) electrons. The van der Waals surface area contributed by atoms with Gasteiger partial charge in [-0.25, -0.2) is 4.79 Å². The van der Waals surface area contributed by atoms with Crippen LogP contribution in [0, 0.1) is 23.7 Å². The van der Waals surface area contributed by atoms with Gasteiger partial charge in [0, 0.05) is 6.42 Å². The number of carbonyl (C=O) groups is 1. The van der Waals surface area contributed by atoms with Crippen LogP contribution in [0.25, 0.3) is 0 Å². The first kappa shape index (κ1) is 15.3. The van der Waals surface area contributed by atoms with Crippen LogP contribution >= 0.6 is 0 Å². The molecule has 0 aromatic heterocycles. The first-order valence-electron chi connectivity index (χ1n) is 8.33. The predicted octanol–water partition coefficient (Wildman–Crippen LogP) is 2.53. The maximum Gasteiger partial charge on any atom is 0.332 e. The number of esters is 1. The van der Waals surface area contributed by atoms with Crippen molar-refractivity contribution in [1.29, 1.82) is 0 Å². The molecule has 4 heteroatoms. The Hall–Kier alpha value is -0.610. The van der Waals surface area contributed by atoms with Crippen molar-refractivity contribution in [2.45, 2.75) is 70.7 Å². The predicted molar refractivity (Wildman–Crippen MR) is 78.6 cm³/mol. The molecule has 0 aromatic carbocycles. The van der Waals surface area contributed by atoms with Crippen molar-refractivity contribution in [3.05, 3.63) is 0 Å². The number of ether oxygens (including phenoxy) is 2. The van der Waals surface area contributed by atoms with Crippen molar-refractivity contribution >= 4 is 5.97 Å². The van der Waals surface area contributed by atoms with Gasteiger partial charge in [0.05, 0.1) is 5.60 Å².